The Morgan fingerprint density at radius 1 is 1.17 bits per heavy atom. The van der Waals surface area contributed by atoms with Gasteiger partial charge in [-0.3, -0.25) is 14.4 Å². The van der Waals surface area contributed by atoms with Crippen LogP contribution in [0, 0.1) is 6.92 Å². The van der Waals surface area contributed by atoms with Crippen molar-refractivity contribution in [1.82, 2.24) is 25.0 Å². The van der Waals surface area contributed by atoms with E-state index in [1.165, 1.54) is 41.3 Å². The normalized spacial score (nSPS) is 10.5. The lowest BCUT2D eigenvalue weighted by Gasteiger charge is -2.05. The lowest BCUT2D eigenvalue weighted by atomic mass is 10.2. The van der Waals surface area contributed by atoms with Gasteiger partial charge in [-0.2, -0.15) is 10.2 Å². The summed E-state index contributed by atoms with van der Waals surface area (Å²) in [6.45, 7) is 1.71. The van der Waals surface area contributed by atoms with E-state index in [9.17, 15) is 14.4 Å². The molecule has 0 saturated carbocycles. The van der Waals surface area contributed by atoms with E-state index >= 15 is 0 Å². The van der Waals surface area contributed by atoms with Crippen LogP contribution in [0.2, 0.25) is 0 Å². The zero-order valence-corrected chi connectivity index (χ0v) is 12.0. The third kappa shape index (κ3) is 2.93. The number of rotatable bonds is 3. The monoisotopic (exact) mass is 312 g/mol. The molecule has 3 aromatic heterocycles. The highest BCUT2D eigenvalue weighted by atomic mass is 16.2. The number of pyridine rings is 1. The molecule has 0 saturated heterocycles. The maximum absolute atomic E-state index is 12.3. The van der Waals surface area contributed by atoms with E-state index < -0.39 is 0 Å². The topological polar surface area (TPSA) is 126 Å². The average Bonchev–Trinajstić information content (AvgIpc) is 2.92. The fourth-order valence-electron chi connectivity index (χ4n) is 2.01. The van der Waals surface area contributed by atoms with Gasteiger partial charge in [-0.25, -0.2) is 9.78 Å². The number of nitrogens with one attached hydrogen (secondary N) is 3. The van der Waals surface area contributed by atoms with Crippen LogP contribution in [0.15, 0.2) is 46.2 Å². The van der Waals surface area contributed by atoms with E-state index in [0.29, 0.717) is 22.8 Å². The molecular formula is C14H12N6O3. The molecule has 0 aliphatic heterocycles. The summed E-state index contributed by atoms with van der Waals surface area (Å²) < 4.78 is 1.44. The third-order valence-electron chi connectivity index (χ3n) is 3.18. The molecule has 3 rings (SSSR count). The number of nitrogens with zero attached hydrogens (tertiary/aromatic N) is 3. The molecule has 0 spiro atoms. The average molecular weight is 312 g/mol. The summed E-state index contributed by atoms with van der Waals surface area (Å²) in [5, 5.41) is 12.9. The van der Waals surface area contributed by atoms with Crippen LogP contribution in [-0.2, 0) is 0 Å². The largest absolute Gasteiger partial charge is 0.327 e. The van der Waals surface area contributed by atoms with Gasteiger partial charge < -0.3 is 10.3 Å². The van der Waals surface area contributed by atoms with Gasteiger partial charge in [0.25, 0.3) is 11.5 Å². The van der Waals surface area contributed by atoms with Gasteiger partial charge >= 0.3 is 0 Å². The number of carbonyl (C=O) groups excluding carboxylic acids is 1. The molecule has 0 radical (unpaired) electrons. The Morgan fingerprint density at radius 2 is 1.96 bits per heavy atom. The Bertz CT molecular complexity index is 944. The van der Waals surface area contributed by atoms with E-state index in [4.69, 9.17) is 0 Å². The van der Waals surface area contributed by atoms with E-state index in [1.807, 2.05) is 0 Å². The highest BCUT2D eigenvalue weighted by Crippen LogP contribution is 2.13. The predicted molar refractivity (Wildman–Crippen MR) is 81.7 cm³/mol. The van der Waals surface area contributed by atoms with Gasteiger partial charge in [0.1, 0.15) is 0 Å². The fourth-order valence-corrected chi connectivity index (χ4v) is 2.01. The molecule has 9 nitrogen and oxygen atoms in total. The van der Waals surface area contributed by atoms with Crippen LogP contribution >= 0.6 is 0 Å². The minimum atomic E-state index is -0.370. The quantitative estimate of drug-likeness (QED) is 0.637. The van der Waals surface area contributed by atoms with Gasteiger partial charge in [-0.05, 0) is 19.1 Å². The van der Waals surface area contributed by atoms with Gasteiger partial charge in [-0.15, -0.1) is 0 Å². The van der Waals surface area contributed by atoms with Crippen LogP contribution in [0.25, 0.3) is 5.82 Å². The van der Waals surface area contributed by atoms with Crippen LogP contribution < -0.4 is 16.4 Å². The standard InChI is InChI=1S/C14H12N6O3/c1-8-10(14(23)17-9-2-4-12(21)15-6-9)7-16-20(8)11-3-5-13(22)19-18-11/h2-7H,1H3,(H,15,21)(H,17,23)(H,19,22). The van der Waals surface area contributed by atoms with E-state index in [2.05, 4.69) is 25.6 Å². The van der Waals surface area contributed by atoms with Crippen molar-refractivity contribution in [1.29, 1.82) is 0 Å². The molecular weight excluding hydrogens is 300 g/mol. The Balaban J connectivity index is 1.87. The minimum Gasteiger partial charge on any atom is -0.327 e. The minimum absolute atomic E-state index is 0.254. The number of carbonyl (C=O) groups is 1. The van der Waals surface area contributed by atoms with Crippen LogP contribution in [-0.4, -0.2) is 30.9 Å². The summed E-state index contributed by atoms with van der Waals surface area (Å²) in [4.78, 5) is 36.8. The molecule has 0 unspecified atom stereocenters. The molecule has 3 aromatic rings. The number of hydrogen-bond acceptors (Lipinski definition) is 5. The molecule has 0 atom stereocenters. The summed E-state index contributed by atoms with van der Waals surface area (Å²) in [6, 6.07) is 5.64. The fraction of sp³-hybridized carbons (Fsp3) is 0.0714. The molecule has 0 fully saturated rings. The summed E-state index contributed by atoms with van der Waals surface area (Å²) in [6.07, 6.45) is 2.81. The first-order valence-electron chi connectivity index (χ1n) is 6.65. The summed E-state index contributed by atoms with van der Waals surface area (Å²) in [5.41, 5.74) is 0.797. The van der Waals surface area contributed by atoms with E-state index in [1.54, 1.807) is 6.92 Å². The van der Waals surface area contributed by atoms with Gasteiger partial charge in [0.15, 0.2) is 5.82 Å². The SMILES string of the molecule is Cc1c(C(=O)Nc2ccc(=O)[nH]c2)cnn1-c1ccc(=O)[nH]n1. The smallest absolute Gasteiger partial charge is 0.264 e. The van der Waals surface area contributed by atoms with Crippen molar-refractivity contribution in [3.05, 3.63) is 68.6 Å². The molecule has 23 heavy (non-hydrogen) atoms. The van der Waals surface area contributed by atoms with Crippen molar-refractivity contribution >= 4 is 11.6 Å². The van der Waals surface area contributed by atoms with Crippen molar-refractivity contribution < 1.29 is 4.79 Å². The molecule has 0 aromatic carbocycles. The first-order chi connectivity index (χ1) is 11.0. The third-order valence-corrected chi connectivity index (χ3v) is 3.18. The number of hydrogen-bond donors (Lipinski definition) is 3. The van der Waals surface area contributed by atoms with Gasteiger partial charge in [0, 0.05) is 18.3 Å². The van der Waals surface area contributed by atoms with Crippen LogP contribution in [0.4, 0.5) is 5.69 Å². The summed E-state index contributed by atoms with van der Waals surface area (Å²) >= 11 is 0. The first-order valence-corrected chi connectivity index (χ1v) is 6.65. The molecule has 0 bridgehead atoms. The molecule has 1 amide bonds. The molecule has 0 aliphatic carbocycles. The molecule has 9 heteroatoms. The maximum Gasteiger partial charge on any atom is 0.264 e. The number of anilines is 1. The first kappa shape index (κ1) is 14.4. The van der Waals surface area contributed by atoms with E-state index in [0.717, 1.165) is 0 Å². The number of aromatic nitrogens is 5. The van der Waals surface area contributed by atoms with Crippen LogP contribution in [0.1, 0.15) is 16.1 Å². The van der Waals surface area contributed by atoms with Crippen molar-refractivity contribution in [2.24, 2.45) is 0 Å². The second-order valence-electron chi connectivity index (χ2n) is 4.73. The van der Waals surface area contributed by atoms with Crippen molar-refractivity contribution in [2.75, 3.05) is 5.32 Å². The number of H-pyrrole nitrogens is 2. The summed E-state index contributed by atoms with van der Waals surface area (Å²) in [5.74, 6) is 0.0235. The Kier molecular flexibility index (Phi) is 3.59. The Morgan fingerprint density at radius 3 is 2.61 bits per heavy atom. The van der Waals surface area contributed by atoms with Gasteiger partial charge in [0.2, 0.25) is 5.56 Å². The van der Waals surface area contributed by atoms with Crippen molar-refractivity contribution in [2.45, 2.75) is 6.92 Å². The maximum atomic E-state index is 12.3. The number of aromatic amines is 2. The number of amides is 1. The van der Waals surface area contributed by atoms with Gasteiger partial charge in [0.05, 0.1) is 23.1 Å². The molecule has 116 valence electrons. The Hall–Kier alpha value is -3.49. The summed E-state index contributed by atoms with van der Waals surface area (Å²) in [7, 11) is 0. The Labute approximate surface area is 129 Å². The zero-order valence-electron chi connectivity index (χ0n) is 12.0. The van der Waals surface area contributed by atoms with Crippen LogP contribution in [0.3, 0.4) is 0 Å². The van der Waals surface area contributed by atoms with Crippen LogP contribution in [0.5, 0.6) is 0 Å². The van der Waals surface area contributed by atoms with Crippen molar-refractivity contribution in [3.63, 3.8) is 0 Å². The second kappa shape index (κ2) is 5.72. The van der Waals surface area contributed by atoms with Crippen molar-refractivity contribution in [3.8, 4) is 5.82 Å². The molecule has 0 aliphatic rings. The zero-order chi connectivity index (χ0) is 16.4. The second-order valence-corrected chi connectivity index (χ2v) is 4.73. The lowest BCUT2D eigenvalue weighted by molar-refractivity contribution is 0.102. The highest BCUT2D eigenvalue weighted by molar-refractivity contribution is 6.04. The highest BCUT2D eigenvalue weighted by Gasteiger charge is 2.16. The molecule has 3 heterocycles. The lowest BCUT2D eigenvalue weighted by Crippen LogP contribution is -2.15. The predicted octanol–water partition coefficient (Wildman–Crippen LogP) is 0.205. The van der Waals surface area contributed by atoms with Gasteiger partial charge in [-0.1, -0.05) is 0 Å². The van der Waals surface area contributed by atoms with E-state index in [-0.39, 0.29) is 17.0 Å². The molecule has 3 N–H and O–H groups in total.